The highest BCUT2D eigenvalue weighted by atomic mass is 16.5. The van der Waals surface area contributed by atoms with E-state index in [1.807, 2.05) is 24.3 Å². The van der Waals surface area contributed by atoms with Crippen molar-refractivity contribution in [3.8, 4) is 5.75 Å². The first kappa shape index (κ1) is 15.7. The van der Waals surface area contributed by atoms with Crippen LogP contribution < -0.4 is 4.74 Å². The Hall–Kier alpha value is -1.31. The number of unbranched alkanes of at least 4 members (excludes halogenated alkanes) is 6. The van der Waals surface area contributed by atoms with Gasteiger partial charge in [-0.25, -0.2) is 0 Å². The van der Waals surface area contributed by atoms with E-state index in [0.29, 0.717) is 6.42 Å². The van der Waals surface area contributed by atoms with E-state index in [1.54, 1.807) is 7.11 Å². The standard InChI is InChI=1S/C17H26O2/c1-3-4-5-6-7-8-9-10-17(18)15-11-13-16(19-2)14-12-15/h11-14H,3-10H2,1-2H3. The van der Waals surface area contributed by atoms with Crippen molar-refractivity contribution in [3.63, 3.8) is 0 Å². The van der Waals surface area contributed by atoms with Crippen LogP contribution in [-0.4, -0.2) is 12.9 Å². The molecule has 106 valence electrons. The quantitative estimate of drug-likeness (QED) is 0.437. The summed E-state index contributed by atoms with van der Waals surface area (Å²) in [7, 11) is 1.63. The predicted octanol–water partition coefficient (Wildman–Crippen LogP) is 5.02. The minimum atomic E-state index is 0.246. The third-order valence-corrected chi connectivity index (χ3v) is 3.42. The fraction of sp³-hybridized carbons (Fsp3) is 0.588. The van der Waals surface area contributed by atoms with E-state index in [4.69, 9.17) is 4.74 Å². The smallest absolute Gasteiger partial charge is 0.162 e. The Morgan fingerprint density at radius 2 is 1.53 bits per heavy atom. The van der Waals surface area contributed by atoms with Crippen LogP contribution in [0.25, 0.3) is 0 Å². The molecule has 1 aromatic rings. The molecule has 0 heterocycles. The number of benzene rings is 1. The third-order valence-electron chi connectivity index (χ3n) is 3.42. The Kier molecular flexibility index (Phi) is 7.95. The van der Waals surface area contributed by atoms with Crippen LogP contribution in [0.15, 0.2) is 24.3 Å². The van der Waals surface area contributed by atoms with Gasteiger partial charge in [0.2, 0.25) is 0 Å². The van der Waals surface area contributed by atoms with Gasteiger partial charge in [0.15, 0.2) is 5.78 Å². The molecule has 1 rings (SSSR count). The van der Waals surface area contributed by atoms with Gasteiger partial charge in [0, 0.05) is 12.0 Å². The molecule has 0 bridgehead atoms. The molecule has 1 aromatic carbocycles. The van der Waals surface area contributed by atoms with Gasteiger partial charge in [-0.3, -0.25) is 4.79 Å². The van der Waals surface area contributed by atoms with E-state index in [1.165, 1.54) is 38.5 Å². The third kappa shape index (κ3) is 6.42. The van der Waals surface area contributed by atoms with E-state index < -0.39 is 0 Å². The Labute approximate surface area is 117 Å². The number of ether oxygens (including phenoxy) is 1. The summed E-state index contributed by atoms with van der Waals surface area (Å²) in [6.07, 6.45) is 9.38. The normalized spacial score (nSPS) is 10.4. The first-order chi connectivity index (χ1) is 9.27. The Bertz CT molecular complexity index is 354. The Morgan fingerprint density at radius 1 is 0.947 bits per heavy atom. The van der Waals surface area contributed by atoms with Gasteiger partial charge in [0.1, 0.15) is 5.75 Å². The van der Waals surface area contributed by atoms with Crippen LogP contribution in [0, 0.1) is 0 Å². The summed E-state index contributed by atoms with van der Waals surface area (Å²) in [6.45, 7) is 2.23. The first-order valence-corrected chi connectivity index (χ1v) is 7.45. The zero-order valence-corrected chi connectivity index (χ0v) is 12.3. The molecule has 0 aliphatic rings. The topological polar surface area (TPSA) is 26.3 Å². The largest absolute Gasteiger partial charge is 0.497 e. The van der Waals surface area contributed by atoms with Crippen molar-refractivity contribution in [1.29, 1.82) is 0 Å². The molecule has 0 atom stereocenters. The molecule has 0 radical (unpaired) electrons. The van der Waals surface area contributed by atoms with E-state index in [0.717, 1.165) is 17.7 Å². The van der Waals surface area contributed by atoms with Crippen molar-refractivity contribution in [2.24, 2.45) is 0 Å². The molecule has 0 N–H and O–H groups in total. The van der Waals surface area contributed by atoms with Crippen LogP contribution in [0.3, 0.4) is 0 Å². The zero-order chi connectivity index (χ0) is 13.9. The molecule has 0 amide bonds. The number of carbonyl (C=O) groups excluding carboxylic acids is 1. The Balaban J connectivity index is 2.16. The average Bonchev–Trinajstić information content (AvgIpc) is 2.46. The van der Waals surface area contributed by atoms with Crippen molar-refractivity contribution >= 4 is 5.78 Å². The van der Waals surface area contributed by atoms with Gasteiger partial charge in [0.25, 0.3) is 0 Å². The molecule has 0 saturated carbocycles. The lowest BCUT2D eigenvalue weighted by Gasteiger charge is -2.03. The molecule has 0 unspecified atom stereocenters. The summed E-state index contributed by atoms with van der Waals surface area (Å²) in [5.74, 6) is 1.05. The maximum Gasteiger partial charge on any atom is 0.162 e. The van der Waals surface area contributed by atoms with E-state index in [9.17, 15) is 4.79 Å². The lowest BCUT2D eigenvalue weighted by atomic mass is 10.0. The number of carbonyl (C=O) groups is 1. The number of ketones is 1. The first-order valence-electron chi connectivity index (χ1n) is 7.45. The van der Waals surface area contributed by atoms with Crippen molar-refractivity contribution in [3.05, 3.63) is 29.8 Å². The highest BCUT2D eigenvalue weighted by Gasteiger charge is 2.05. The predicted molar refractivity (Wildman–Crippen MR) is 79.9 cm³/mol. The molecule has 2 heteroatoms. The molecule has 19 heavy (non-hydrogen) atoms. The van der Waals surface area contributed by atoms with Crippen LogP contribution in [-0.2, 0) is 0 Å². The second kappa shape index (κ2) is 9.60. The monoisotopic (exact) mass is 262 g/mol. The van der Waals surface area contributed by atoms with E-state index >= 15 is 0 Å². The molecular formula is C17H26O2. The van der Waals surface area contributed by atoms with Crippen LogP contribution in [0.2, 0.25) is 0 Å². The second-order valence-corrected chi connectivity index (χ2v) is 5.02. The molecular weight excluding hydrogens is 236 g/mol. The van der Waals surface area contributed by atoms with Crippen LogP contribution >= 0.6 is 0 Å². The maximum atomic E-state index is 11.9. The lowest BCUT2D eigenvalue weighted by Crippen LogP contribution is -1.98. The SMILES string of the molecule is CCCCCCCCCC(=O)c1ccc(OC)cc1. The second-order valence-electron chi connectivity index (χ2n) is 5.02. The van der Waals surface area contributed by atoms with Crippen molar-refractivity contribution in [2.45, 2.75) is 58.3 Å². The summed E-state index contributed by atoms with van der Waals surface area (Å²) >= 11 is 0. The van der Waals surface area contributed by atoms with Crippen molar-refractivity contribution < 1.29 is 9.53 Å². The number of methoxy groups -OCH3 is 1. The summed E-state index contributed by atoms with van der Waals surface area (Å²) in [4.78, 5) is 11.9. The average molecular weight is 262 g/mol. The van der Waals surface area contributed by atoms with Crippen LogP contribution in [0.1, 0.15) is 68.6 Å². The Morgan fingerprint density at radius 3 is 2.11 bits per heavy atom. The minimum absolute atomic E-state index is 0.246. The molecule has 0 spiro atoms. The molecule has 2 nitrogen and oxygen atoms in total. The van der Waals surface area contributed by atoms with Gasteiger partial charge in [-0.2, -0.15) is 0 Å². The summed E-state index contributed by atoms with van der Waals surface area (Å²) in [6, 6.07) is 7.39. The van der Waals surface area contributed by atoms with E-state index in [-0.39, 0.29) is 5.78 Å². The van der Waals surface area contributed by atoms with Crippen LogP contribution in [0.5, 0.6) is 5.75 Å². The van der Waals surface area contributed by atoms with Crippen molar-refractivity contribution in [1.82, 2.24) is 0 Å². The molecule has 0 aliphatic heterocycles. The highest BCUT2D eigenvalue weighted by Crippen LogP contribution is 2.15. The number of hydrogen-bond acceptors (Lipinski definition) is 2. The summed E-state index contributed by atoms with van der Waals surface area (Å²) in [5, 5.41) is 0. The number of hydrogen-bond donors (Lipinski definition) is 0. The molecule has 0 saturated heterocycles. The van der Waals surface area contributed by atoms with E-state index in [2.05, 4.69) is 6.92 Å². The van der Waals surface area contributed by atoms with Gasteiger partial charge in [-0.15, -0.1) is 0 Å². The minimum Gasteiger partial charge on any atom is -0.497 e. The van der Waals surface area contributed by atoms with Gasteiger partial charge in [0.05, 0.1) is 7.11 Å². The van der Waals surface area contributed by atoms with Gasteiger partial charge < -0.3 is 4.74 Å². The zero-order valence-electron chi connectivity index (χ0n) is 12.3. The fourth-order valence-corrected chi connectivity index (χ4v) is 2.16. The highest BCUT2D eigenvalue weighted by molar-refractivity contribution is 5.96. The molecule has 0 aliphatic carbocycles. The number of rotatable bonds is 10. The molecule has 0 aromatic heterocycles. The van der Waals surface area contributed by atoms with Crippen molar-refractivity contribution in [2.75, 3.05) is 7.11 Å². The summed E-state index contributed by atoms with van der Waals surface area (Å²) < 4.78 is 5.08. The van der Waals surface area contributed by atoms with Gasteiger partial charge >= 0.3 is 0 Å². The van der Waals surface area contributed by atoms with Gasteiger partial charge in [-0.1, -0.05) is 45.4 Å². The van der Waals surface area contributed by atoms with Gasteiger partial charge in [-0.05, 0) is 30.7 Å². The fourth-order valence-electron chi connectivity index (χ4n) is 2.16. The summed E-state index contributed by atoms with van der Waals surface area (Å²) in [5.41, 5.74) is 0.798. The lowest BCUT2D eigenvalue weighted by molar-refractivity contribution is 0.0979. The molecule has 0 fully saturated rings. The maximum absolute atomic E-state index is 11.9. The van der Waals surface area contributed by atoms with Crippen LogP contribution in [0.4, 0.5) is 0 Å². The number of Topliss-reactive ketones (excluding diaryl/α,β-unsaturated/α-hetero) is 1.